The van der Waals surface area contributed by atoms with Crippen molar-refractivity contribution in [3.63, 3.8) is 0 Å². The van der Waals surface area contributed by atoms with E-state index < -0.39 is 27.4 Å². The van der Waals surface area contributed by atoms with E-state index in [-0.39, 0.29) is 5.75 Å². The van der Waals surface area contributed by atoms with E-state index in [1.54, 1.807) is 0 Å². The number of nitrogens with two attached hydrogens (primary N) is 1. The van der Waals surface area contributed by atoms with Crippen LogP contribution < -0.4 is 5.73 Å². The monoisotopic (exact) mass is 237 g/mol. The molecular weight excluding hydrogens is 230 g/mol. The second-order valence-corrected chi connectivity index (χ2v) is 2.32. The topological polar surface area (TPSA) is 122 Å². The minimum absolute atomic E-state index is 0.190. The van der Waals surface area contributed by atoms with Gasteiger partial charge in [-0.25, -0.2) is 0 Å². The molecule has 0 aliphatic heterocycles. The third kappa shape index (κ3) is 12.2. The normalized spacial score (nSPS) is 10.8. The summed E-state index contributed by atoms with van der Waals surface area (Å²) in [4.78, 5) is 27.5. The van der Waals surface area contributed by atoms with E-state index in [1.807, 2.05) is 0 Å². The molecule has 72 valence electrons. The van der Waals surface area contributed by atoms with Crippen LogP contribution >= 0.6 is 12.6 Å². The quantitative estimate of drug-likeness (QED) is 0.353. The molecule has 0 rings (SSSR count). The van der Waals surface area contributed by atoms with Gasteiger partial charge in [0.05, 0.1) is 0 Å². The number of carboxylic acid groups (broad SMARTS) is 1. The zero-order valence-corrected chi connectivity index (χ0v) is 7.73. The van der Waals surface area contributed by atoms with E-state index in [1.165, 1.54) is 0 Å². The fraction of sp³-hybridized carbons (Fsp3) is 0.667. The van der Waals surface area contributed by atoms with E-state index >= 15 is 0 Å². The molecule has 0 bridgehead atoms. The predicted octanol–water partition coefficient (Wildman–Crippen LogP) is -0.240. The van der Waals surface area contributed by atoms with Crippen molar-refractivity contribution in [1.29, 1.82) is 0 Å². The number of nitrogens with zero attached hydrogens (tertiary/aromatic N) is 2. The summed E-state index contributed by atoms with van der Waals surface area (Å²) in [6.45, 7) is 0. The number of rotatable bonds is 4. The molecule has 0 saturated carbocycles. The van der Waals surface area contributed by atoms with E-state index in [2.05, 4.69) is 21.0 Å². The predicted molar refractivity (Wildman–Crippen MR) is 41.1 cm³/mol. The van der Waals surface area contributed by atoms with Crippen molar-refractivity contribution in [2.75, 3.05) is 5.75 Å². The molecule has 0 aromatic carbocycles. The van der Waals surface area contributed by atoms with Crippen LogP contribution in [-0.2, 0) is 20.2 Å². The Morgan fingerprint density at radius 1 is 1.58 bits per heavy atom. The molecule has 0 aliphatic carbocycles. The molecular formula is C3H7FeN3O4S. The Kier molecular flexibility index (Phi) is 12.3. The van der Waals surface area contributed by atoms with Crippen LogP contribution in [0.4, 0.5) is 0 Å². The maximum absolute atomic E-state index is 9.76. The van der Waals surface area contributed by atoms with Gasteiger partial charge < -0.3 is 10.8 Å². The molecule has 12 heavy (non-hydrogen) atoms. The number of hydrogen-bond acceptors (Lipinski definition) is 7. The van der Waals surface area contributed by atoms with Crippen molar-refractivity contribution >= 4 is 18.6 Å². The summed E-state index contributed by atoms with van der Waals surface area (Å²) >= 11 is 3.18. The Morgan fingerprint density at radius 2 is 2.00 bits per heavy atom. The molecule has 9 heteroatoms. The molecule has 0 unspecified atom stereocenters. The molecule has 7 nitrogen and oxygen atoms in total. The minimum atomic E-state index is -1.00. The Labute approximate surface area is 80.0 Å². The van der Waals surface area contributed by atoms with Crippen LogP contribution in [0, 0.1) is 9.81 Å². The van der Waals surface area contributed by atoms with Crippen molar-refractivity contribution in [1.82, 2.24) is 0 Å². The maximum atomic E-state index is 9.76. The molecule has 0 aliphatic rings. The van der Waals surface area contributed by atoms with Crippen molar-refractivity contribution < 1.29 is 25.3 Å². The van der Waals surface area contributed by atoms with E-state index in [0.717, 1.165) is 0 Å². The summed E-state index contributed by atoms with van der Waals surface area (Å²) in [6, 6.07) is -0.816. The first-order valence-electron chi connectivity index (χ1n) is 2.46. The molecule has 0 spiro atoms. The molecule has 3 N–H and O–H groups in total. The number of nitroso groups, excluding NO2 is 2. The Hall–Kier alpha value is -0.501. The van der Waals surface area contributed by atoms with Gasteiger partial charge in [0.2, 0.25) is 0 Å². The van der Waals surface area contributed by atoms with Crippen LogP contribution in [0.3, 0.4) is 0 Å². The number of thiol groups is 1. The first kappa shape index (κ1) is 14.0. The second kappa shape index (κ2) is 10.5. The van der Waals surface area contributed by atoms with Gasteiger partial charge in [0.1, 0.15) is 6.04 Å². The summed E-state index contributed by atoms with van der Waals surface area (Å²) in [6.07, 6.45) is 0. The zero-order chi connectivity index (χ0) is 9.98. The Morgan fingerprint density at radius 3 is 2.00 bits per heavy atom. The number of hydrogen-bond donors (Lipinski definition) is 3. The van der Waals surface area contributed by atoms with Gasteiger partial charge in [0, 0.05) is 5.75 Å². The van der Waals surface area contributed by atoms with Crippen molar-refractivity contribution in [3.05, 3.63) is 9.81 Å². The van der Waals surface area contributed by atoms with Gasteiger partial charge in [-0.2, -0.15) is 12.6 Å². The summed E-state index contributed by atoms with van der Waals surface area (Å²) in [5, 5.41) is 8.01. The molecule has 0 saturated heterocycles. The summed E-state index contributed by atoms with van der Waals surface area (Å²) in [5.74, 6) is -0.815. The fourth-order valence-electron chi connectivity index (χ4n) is 0.0899. The van der Waals surface area contributed by atoms with Gasteiger partial charge in [-0.1, -0.05) is 0 Å². The molecule has 0 fully saturated rings. The molecule has 0 radical (unpaired) electrons. The van der Waals surface area contributed by atoms with Crippen LogP contribution in [0.1, 0.15) is 0 Å². The molecule has 1 atom stereocenters. The third-order valence-electron chi connectivity index (χ3n) is 0.572. The van der Waals surface area contributed by atoms with Crippen LogP contribution in [0.25, 0.3) is 0 Å². The first-order chi connectivity index (χ1) is 5.59. The van der Waals surface area contributed by atoms with Gasteiger partial charge in [0.15, 0.2) is 0 Å². The average Bonchev–Trinajstić information content (AvgIpc) is 2.05. The van der Waals surface area contributed by atoms with Gasteiger partial charge in [0.25, 0.3) is 0 Å². The van der Waals surface area contributed by atoms with E-state index in [4.69, 9.17) is 20.7 Å². The van der Waals surface area contributed by atoms with Crippen molar-refractivity contribution in [2.24, 2.45) is 14.1 Å². The third-order valence-corrected chi connectivity index (χ3v) is 1.15. The van der Waals surface area contributed by atoms with Gasteiger partial charge in [-0.3, -0.25) is 4.79 Å². The Balaban J connectivity index is 0. The number of carboxylic acids is 1. The van der Waals surface area contributed by atoms with Gasteiger partial charge >= 0.3 is 39.6 Å². The number of carbonyl (C=O) groups is 1. The van der Waals surface area contributed by atoms with Crippen LogP contribution in [0.2, 0.25) is 0 Å². The molecule has 0 aromatic heterocycles. The first-order valence-corrected chi connectivity index (χ1v) is 4.08. The number of aliphatic carboxylic acids is 1. The summed E-state index contributed by atoms with van der Waals surface area (Å²) < 4.78 is 4.25. The fourth-order valence-corrected chi connectivity index (χ4v) is 0.283. The Bertz CT molecular complexity index is 150. The molecule has 0 heterocycles. The van der Waals surface area contributed by atoms with Gasteiger partial charge in [-0.05, 0) is 0 Å². The standard InChI is InChI=1S/C3H7NO2S.Fe.2NO/c4-2(1-7)3(5)6;;2*1-2/h2,7H,1,4H2,(H,5,6);;;/q;+2;2*-1/t2-;;;/m0.../s1. The average molecular weight is 237 g/mol. The SMILES string of the molecule is N[C@@H](CS)C(=O)O.O=[N][Fe][N]=O. The molecule has 0 aromatic rings. The summed E-state index contributed by atoms with van der Waals surface area (Å²) in [5.41, 5.74) is 4.94. The van der Waals surface area contributed by atoms with Crippen molar-refractivity contribution in [2.45, 2.75) is 6.04 Å². The van der Waals surface area contributed by atoms with Crippen LogP contribution in [0.5, 0.6) is 0 Å². The van der Waals surface area contributed by atoms with Crippen molar-refractivity contribution in [3.8, 4) is 0 Å². The second-order valence-electron chi connectivity index (χ2n) is 1.33. The van der Waals surface area contributed by atoms with Gasteiger partial charge in [-0.15, -0.1) is 0 Å². The van der Waals surface area contributed by atoms with Crippen LogP contribution in [0.15, 0.2) is 8.39 Å². The van der Waals surface area contributed by atoms with E-state index in [9.17, 15) is 4.79 Å². The molecule has 0 amide bonds. The zero-order valence-electron chi connectivity index (χ0n) is 5.73. The summed E-state index contributed by atoms with van der Waals surface area (Å²) in [7, 11) is 0. The van der Waals surface area contributed by atoms with Crippen LogP contribution in [-0.4, -0.2) is 22.9 Å². The van der Waals surface area contributed by atoms with E-state index in [0.29, 0.717) is 0 Å².